The van der Waals surface area contributed by atoms with Gasteiger partial charge in [-0.2, -0.15) is 4.57 Å². The van der Waals surface area contributed by atoms with Crippen molar-refractivity contribution in [3.63, 3.8) is 0 Å². The Balaban J connectivity index is 0.00000312. The molecule has 2 aromatic rings. The number of pyridine rings is 1. The van der Waals surface area contributed by atoms with Crippen LogP contribution in [0.2, 0.25) is 0 Å². The molecule has 0 radical (unpaired) electrons. The SMILES string of the molecule is Br.CCOC(=O)c1ccc[n+](CC(=O)c2ccc(C)c([N+](=O)[O-])c2)c1.O. The number of halogens is 1. The minimum atomic E-state index is -0.513. The summed E-state index contributed by atoms with van der Waals surface area (Å²) in [6.07, 6.45) is 3.15. The minimum absolute atomic E-state index is 0. The second-order valence-electron chi connectivity index (χ2n) is 5.17. The molecule has 0 bridgehead atoms. The van der Waals surface area contributed by atoms with E-state index in [1.165, 1.54) is 12.3 Å². The van der Waals surface area contributed by atoms with Gasteiger partial charge in [0.15, 0.2) is 12.4 Å². The van der Waals surface area contributed by atoms with Crippen LogP contribution in [0.25, 0.3) is 0 Å². The monoisotopic (exact) mass is 427 g/mol. The number of Topliss-reactive ketones (excluding diaryl/α,β-unsaturated/α-hetero) is 1. The van der Waals surface area contributed by atoms with Crippen molar-refractivity contribution in [3.8, 4) is 0 Å². The number of nitro benzene ring substituents is 1. The number of nitrogens with zero attached hydrogens (tertiary/aromatic N) is 2. The van der Waals surface area contributed by atoms with Crippen molar-refractivity contribution in [2.45, 2.75) is 20.4 Å². The molecule has 0 aliphatic rings. The summed E-state index contributed by atoms with van der Waals surface area (Å²) in [5, 5.41) is 11.0. The van der Waals surface area contributed by atoms with Crippen LogP contribution in [-0.2, 0) is 11.3 Å². The Morgan fingerprint density at radius 1 is 1.23 bits per heavy atom. The normalized spacial score (nSPS) is 9.46. The molecule has 8 nitrogen and oxygen atoms in total. The van der Waals surface area contributed by atoms with Gasteiger partial charge in [0.2, 0.25) is 12.3 Å². The molecule has 2 rings (SSSR count). The Morgan fingerprint density at radius 2 is 1.92 bits per heavy atom. The van der Waals surface area contributed by atoms with Crippen LogP contribution < -0.4 is 4.57 Å². The zero-order valence-corrected chi connectivity index (χ0v) is 16.0. The lowest BCUT2D eigenvalue weighted by atomic mass is 10.1. The number of esters is 1. The van der Waals surface area contributed by atoms with E-state index in [9.17, 15) is 19.7 Å². The maximum atomic E-state index is 12.3. The van der Waals surface area contributed by atoms with Crippen molar-refractivity contribution >= 4 is 34.4 Å². The fourth-order valence-corrected chi connectivity index (χ4v) is 2.19. The lowest BCUT2D eigenvalue weighted by Gasteiger charge is -2.03. The number of ketones is 1. The van der Waals surface area contributed by atoms with Crippen molar-refractivity contribution in [1.29, 1.82) is 0 Å². The third-order valence-corrected chi connectivity index (χ3v) is 3.42. The van der Waals surface area contributed by atoms with Gasteiger partial charge in [-0.25, -0.2) is 4.79 Å². The lowest BCUT2D eigenvalue weighted by Crippen LogP contribution is -2.38. The number of benzene rings is 1. The van der Waals surface area contributed by atoms with Crippen LogP contribution in [0.1, 0.15) is 33.2 Å². The molecule has 0 spiro atoms. The predicted molar refractivity (Wildman–Crippen MR) is 98.7 cm³/mol. The summed E-state index contributed by atoms with van der Waals surface area (Å²) < 4.78 is 6.46. The largest absolute Gasteiger partial charge is 0.462 e. The zero-order chi connectivity index (χ0) is 17.7. The van der Waals surface area contributed by atoms with Crippen LogP contribution in [0.4, 0.5) is 5.69 Å². The number of aromatic nitrogens is 1. The summed E-state index contributed by atoms with van der Waals surface area (Å²) in [6, 6.07) is 7.60. The van der Waals surface area contributed by atoms with Gasteiger partial charge in [-0.15, -0.1) is 17.0 Å². The van der Waals surface area contributed by atoms with Crippen molar-refractivity contribution in [2.75, 3.05) is 6.61 Å². The van der Waals surface area contributed by atoms with Crippen LogP contribution in [-0.4, -0.2) is 28.8 Å². The second-order valence-corrected chi connectivity index (χ2v) is 5.17. The van der Waals surface area contributed by atoms with E-state index >= 15 is 0 Å². The summed E-state index contributed by atoms with van der Waals surface area (Å²) in [5.74, 6) is -0.755. The fraction of sp³-hybridized carbons (Fsp3) is 0.235. The first-order chi connectivity index (χ1) is 11.4. The van der Waals surface area contributed by atoms with E-state index in [0.29, 0.717) is 11.1 Å². The first-order valence-electron chi connectivity index (χ1n) is 7.37. The second kappa shape index (κ2) is 10.4. The highest BCUT2D eigenvalue weighted by molar-refractivity contribution is 8.93. The molecule has 0 unspecified atom stereocenters. The molecule has 26 heavy (non-hydrogen) atoms. The number of hydrogen-bond donors (Lipinski definition) is 0. The van der Waals surface area contributed by atoms with Gasteiger partial charge in [-0.1, -0.05) is 12.1 Å². The third-order valence-electron chi connectivity index (χ3n) is 3.42. The Kier molecular flexibility index (Phi) is 9.31. The van der Waals surface area contributed by atoms with Gasteiger partial charge in [0.1, 0.15) is 5.56 Å². The third kappa shape index (κ3) is 5.71. The maximum absolute atomic E-state index is 12.3. The summed E-state index contributed by atoms with van der Waals surface area (Å²) in [5.41, 5.74) is 0.989. The smallest absolute Gasteiger partial charge is 0.344 e. The predicted octanol–water partition coefficient (Wildman–Crippen LogP) is 2.00. The molecule has 140 valence electrons. The topological polar surface area (TPSA) is 122 Å². The van der Waals surface area contributed by atoms with Crippen molar-refractivity contribution in [1.82, 2.24) is 0 Å². The van der Waals surface area contributed by atoms with Crippen molar-refractivity contribution in [2.24, 2.45) is 0 Å². The summed E-state index contributed by atoms with van der Waals surface area (Å²) >= 11 is 0. The van der Waals surface area contributed by atoms with E-state index in [-0.39, 0.29) is 52.6 Å². The van der Waals surface area contributed by atoms with E-state index in [4.69, 9.17) is 4.74 Å². The zero-order valence-electron chi connectivity index (χ0n) is 14.3. The molecule has 0 fully saturated rings. The summed E-state index contributed by atoms with van der Waals surface area (Å²) in [6.45, 7) is 3.56. The fourth-order valence-electron chi connectivity index (χ4n) is 2.19. The van der Waals surface area contributed by atoms with Gasteiger partial charge in [0.25, 0.3) is 5.69 Å². The van der Waals surface area contributed by atoms with Crippen LogP contribution in [0.3, 0.4) is 0 Å². The quantitative estimate of drug-likeness (QED) is 0.229. The molecule has 9 heteroatoms. The number of aryl methyl sites for hydroxylation is 1. The number of nitro groups is 1. The molecule has 1 aromatic carbocycles. The number of carbonyl (C=O) groups is 2. The van der Waals surface area contributed by atoms with E-state index in [0.717, 1.165) is 0 Å². The highest BCUT2D eigenvalue weighted by Gasteiger charge is 2.19. The lowest BCUT2D eigenvalue weighted by molar-refractivity contribution is -0.683. The molecule has 0 amide bonds. The van der Waals surface area contributed by atoms with E-state index in [1.807, 2.05) is 0 Å². The van der Waals surface area contributed by atoms with Crippen molar-refractivity contribution < 1.29 is 29.3 Å². The highest BCUT2D eigenvalue weighted by atomic mass is 79.9. The van der Waals surface area contributed by atoms with Gasteiger partial charge >= 0.3 is 5.97 Å². The molecule has 0 aliphatic carbocycles. The Morgan fingerprint density at radius 3 is 2.54 bits per heavy atom. The Labute approximate surface area is 160 Å². The first-order valence-corrected chi connectivity index (χ1v) is 7.37. The molecule has 0 saturated carbocycles. The van der Waals surface area contributed by atoms with Crippen LogP contribution in [0.15, 0.2) is 42.7 Å². The van der Waals surface area contributed by atoms with E-state index < -0.39 is 10.9 Å². The van der Waals surface area contributed by atoms with Gasteiger partial charge in [0.05, 0.1) is 11.5 Å². The number of carbonyl (C=O) groups excluding carboxylic acids is 2. The summed E-state index contributed by atoms with van der Waals surface area (Å²) in [4.78, 5) is 34.5. The molecule has 0 atom stereocenters. The van der Waals surface area contributed by atoms with Gasteiger partial charge in [-0.3, -0.25) is 14.9 Å². The molecular weight excluding hydrogens is 408 g/mol. The van der Waals surface area contributed by atoms with Gasteiger partial charge in [0, 0.05) is 23.3 Å². The van der Waals surface area contributed by atoms with Crippen LogP contribution in [0.5, 0.6) is 0 Å². The van der Waals surface area contributed by atoms with Crippen LogP contribution >= 0.6 is 17.0 Å². The standard InChI is InChI=1S/C17H17N2O5.BrH.H2O/c1-3-24-17(21)14-5-4-8-18(10-14)11-16(20)13-7-6-12(2)15(9-13)19(22)23;;/h4-10H,3,11H2,1-2H3;1H;1H2/q+1;;. The molecule has 1 aromatic heterocycles. The number of rotatable bonds is 6. The molecule has 2 N–H and O–H groups in total. The molecule has 0 aliphatic heterocycles. The van der Waals surface area contributed by atoms with Gasteiger partial charge < -0.3 is 10.2 Å². The summed E-state index contributed by atoms with van der Waals surface area (Å²) in [7, 11) is 0. The van der Waals surface area contributed by atoms with E-state index in [1.54, 1.807) is 48.9 Å². The van der Waals surface area contributed by atoms with Gasteiger partial charge in [-0.05, 0) is 19.9 Å². The maximum Gasteiger partial charge on any atom is 0.344 e. The average Bonchev–Trinajstić information content (AvgIpc) is 2.55. The number of hydrogen-bond acceptors (Lipinski definition) is 5. The first kappa shape index (κ1) is 23.4. The number of ether oxygens (including phenoxy) is 1. The molecule has 0 saturated heterocycles. The molecule has 1 heterocycles. The Bertz CT molecular complexity index is 810. The minimum Gasteiger partial charge on any atom is -0.462 e. The van der Waals surface area contributed by atoms with E-state index in [2.05, 4.69) is 0 Å². The van der Waals surface area contributed by atoms with Crippen molar-refractivity contribution in [3.05, 3.63) is 69.5 Å². The molecular formula is C17H20BrN2O6+. The van der Waals surface area contributed by atoms with Crippen LogP contribution in [0, 0.1) is 17.0 Å². The highest BCUT2D eigenvalue weighted by Crippen LogP contribution is 2.19. The average molecular weight is 428 g/mol. The Hall–Kier alpha value is -2.65.